The lowest BCUT2D eigenvalue weighted by molar-refractivity contribution is -0.143. The molecule has 180 valence electrons. The van der Waals surface area contributed by atoms with E-state index in [1.165, 1.54) is 24.0 Å². The molecule has 0 unspecified atom stereocenters. The highest BCUT2D eigenvalue weighted by atomic mass is 35.5. The van der Waals surface area contributed by atoms with E-state index in [2.05, 4.69) is 0 Å². The van der Waals surface area contributed by atoms with E-state index in [0.717, 1.165) is 10.6 Å². The summed E-state index contributed by atoms with van der Waals surface area (Å²) in [6.07, 6.45) is -4.79. The first kappa shape index (κ1) is 24.5. The van der Waals surface area contributed by atoms with Gasteiger partial charge in [-0.2, -0.15) is 13.2 Å². The van der Waals surface area contributed by atoms with Crippen LogP contribution in [0.15, 0.2) is 48.5 Å². The van der Waals surface area contributed by atoms with Gasteiger partial charge in [0.05, 0.1) is 0 Å². The second-order valence-corrected chi connectivity index (χ2v) is 10.2. The Morgan fingerprint density at radius 3 is 2.32 bits per heavy atom. The third-order valence-corrected chi connectivity index (χ3v) is 7.34. The lowest BCUT2D eigenvalue weighted by Gasteiger charge is -2.28. The predicted molar refractivity (Wildman–Crippen MR) is 124 cm³/mol. The summed E-state index contributed by atoms with van der Waals surface area (Å²) in [4.78, 5) is 15.1. The summed E-state index contributed by atoms with van der Waals surface area (Å²) in [7, 11) is -1.09. The maximum atomic E-state index is 15.0. The molecule has 1 fully saturated rings. The zero-order valence-corrected chi connectivity index (χ0v) is 19.7. The smallest absolute Gasteiger partial charge is 0.336 e. The van der Waals surface area contributed by atoms with Crippen molar-refractivity contribution in [3.63, 3.8) is 0 Å². The zero-order chi connectivity index (χ0) is 24.6. The van der Waals surface area contributed by atoms with Gasteiger partial charge in [-0.25, -0.2) is 4.39 Å². The van der Waals surface area contributed by atoms with E-state index in [0.29, 0.717) is 5.56 Å². The normalized spacial score (nSPS) is 15.1. The Kier molecular flexibility index (Phi) is 6.87. The Balaban J connectivity index is 1.99. The van der Waals surface area contributed by atoms with Gasteiger partial charge in [-0.3, -0.25) is 9.00 Å². The quantitative estimate of drug-likeness (QED) is 0.431. The molecule has 3 aromatic rings. The van der Waals surface area contributed by atoms with E-state index < -0.39 is 34.4 Å². The molecule has 0 spiro atoms. The van der Waals surface area contributed by atoms with Crippen molar-refractivity contribution in [2.24, 2.45) is 0 Å². The van der Waals surface area contributed by atoms with Crippen molar-refractivity contribution in [2.75, 3.05) is 24.6 Å². The molecule has 0 aliphatic carbocycles. The molecule has 0 saturated carbocycles. The number of carbonyl (C=O) groups excluding carboxylic acids is 1. The number of alkyl halides is 3. The summed E-state index contributed by atoms with van der Waals surface area (Å²) >= 11 is 5.87. The Labute approximate surface area is 201 Å². The van der Waals surface area contributed by atoms with Gasteiger partial charge in [0.1, 0.15) is 17.2 Å². The molecule has 0 atom stereocenters. The third kappa shape index (κ3) is 4.77. The Hall–Kier alpha value is -2.65. The topological polar surface area (TPSA) is 42.3 Å². The molecule has 1 saturated heterocycles. The molecule has 4 nitrogen and oxygen atoms in total. The van der Waals surface area contributed by atoms with Gasteiger partial charge in [0.15, 0.2) is 0 Å². The number of carbonyl (C=O) groups is 1. The molecule has 2 heterocycles. The van der Waals surface area contributed by atoms with Crippen molar-refractivity contribution >= 4 is 28.3 Å². The molecule has 34 heavy (non-hydrogen) atoms. The van der Waals surface area contributed by atoms with Crippen LogP contribution in [0.1, 0.15) is 27.3 Å². The van der Waals surface area contributed by atoms with Crippen LogP contribution in [0.5, 0.6) is 0 Å². The molecule has 0 radical (unpaired) electrons. The molecule has 0 N–H and O–H groups in total. The largest absolute Gasteiger partial charge is 0.431 e. The van der Waals surface area contributed by atoms with Crippen molar-refractivity contribution in [3.05, 3.63) is 81.9 Å². The van der Waals surface area contributed by atoms with Crippen LogP contribution in [0.3, 0.4) is 0 Å². The highest BCUT2D eigenvalue weighted by molar-refractivity contribution is 7.85. The van der Waals surface area contributed by atoms with Crippen LogP contribution in [-0.2, 0) is 23.5 Å². The lowest BCUT2D eigenvalue weighted by Crippen LogP contribution is -2.42. The van der Waals surface area contributed by atoms with Gasteiger partial charge in [-0.05, 0) is 36.2 Å². The van der Waals surface area contributed by atoms with Crippen LogP contribution in [0.4, 0.5) is 17.6 Å². The van der Waals surface area contributed by atoms with Gasteiger partial charge < -0.3 is 9.47 Å². The van der Waals surface area contributed by atoms with Crippen molar-refractivity contribution in [1.29, 1.82) is 0 Å². The number of rotatable bonds is 4. The van der Waals surface area contributed by atoms with Gasteiger partial charge in [0.2, 0.25) is 0 Å². The molecule has 1 aliphatic rings. The minimum atomic E-state index is -4.79. The van der Waals surface area contributed by atoms with E-state index in [4.69, 9.17) is 11.6 Å². The first-order valence-electron chi connectivity index (χ1n) is 10.5. The Morgan fingerprint density at radius 1 is 1.09 bits per heavy atom. The van der Waals surface area contributed by atoms with Crippen LogP contribution in [0, 0.1) is 12.7 Å². The summed E-state index contributed by atoms with van der Waals surface area (Å²) in [5.74, 6) is -1.01. The second-order valence-electron chi connectivity index (χ2n) is 8.03. The number of amides is 1. The number of aromatic nitrogens is 1. The molecule has 1 amide bonds. The summed E-state index contributed by atoms with van der Waals surface area (Å²) < 4.78 is 70.7. The van der Waals surface area contributed by atoms with Crippen LogP contribution >= 0.6 is 11.6 Å². The number of benzene rings is 2. The molecule has 1 aliphatic heterocycles. The van der Waals surface area contributed by atoms with Crippen LogP contribution < -0.4 is 0 Å². The monoisotopic (exact) mass is 512 g/mol. The van der Waals surface area contributed by atoms with E-state index in [-0.39, 0.29) is 58.5 Å². The van der Waals surface area contributed by atoms with Gasteiger partial charge in [0, 0.05) is 58.1 Å². The standard InChI is InChI=1S/C24H21ClF4N2O2S/c1-15-20(18-8-7-17(25)13-19(18)26)21(23(32)30-9-11-34(33)12-10-30)31(22(15)24(27,28)29)14-16-5-3-2-4-6-16/h2-8,13H,9-12,14H2,1H3. The molecule has 4 rings (SSSR count). The maximum absolute atomic E-state index is 15.0. The Morgan fingerprint density at radius 2 is 1.74 bits per heavy atom. The second kappa shape index (κ2) is 9.54. The first-order valence-corrected chi connectivity index (χ1v) is 12.4. The van der Waals surface area contributed by atoms with E-state index in [1.807, 2.05) is 0 Å². The fraction of sp³-hybridized carbons (Fsp3) is 0.292. The fourth-order valence-electron chi connectivity index (χ4n) is 4.27. The van der Waals surface area contributed by atoms with Gasteiger partial charge in [0.25, 0.3) is 5.91 Å². The average Bonchev–Trinajstić information content (AvgIpc) is 3.06. The summed E-state index contributed by atoms with van der Waals surface area (Å²) in [5, 5.41) is 0.0880. The predicted octanol–water partition coefficient (Wildman–Crippen LogP) is 5.53. The van der Waals surface area contributed by atoms with Gasteiger partial charge in [-0.1, -0.05) is 41.9 Å². The number of hydrogen-bond acceptors (Lipinski definition) is 2. The van der Waals surface area contributed by atoms with E-state index >= 15 is 0 Å². The molecule has 10 heteroatoms. The minimum absolute atomic E-state index is 0.0880. The average molecular weight is 513 g/mol. The molecule has 2 aromatic carbocycles. The zero-order valence-electron chi connectivity index (χ0n) is 18.2. The number of nitrogens with zero attached hydrogens (tertiary/aromatic N) is 2. The van der Waals surface area contributed by atoms with Gasteiger partial charge in [-0.15, -0.1) is 0 Å². The van der Waals surface area contributed by atoms with Gasteiger partial charge >= 0.3 is 6.18 Å². The minimum Gasteiger partial charge on any atom is -0.336 e. The van der Waals surface area contributed by atoms with E-state index in [1.54, 1.807) is 30.3 Å². The summed E-state index contributed by atoms with van der Waals surface area (Å²) in [6.45, 7) is 1.30. The Bertz CT molecular complexity index is 1250. The van der Waals surface area contributed by atoms with Crippen LogP contribution in [-0.4, -0.2) is 44.2 Å². The van der Waals surface area contributed by atoms with Crippen molar-refractivity contribution in [1.82, 2.24) is 9.47 Å². The van der Waals surface area contributed by atoms with Crippen LogP contribution in [0.2, 0.25) is 5.02 Å². The SMILES string of the molecule is Cc1c(-c2ccc(Cl)cc2F)c(C(=O)N2CCS(=O)CC2)n(Cc2ccccc2)c1C(F)(F)F. The van der Waals surface area contributed by atoms with Crippen molar-refractivity contribution < 1.29 is 26.6 Å². The number of hydrogen-bond donors (Lipinski definition) is 0. The maximum Gasteiger partial charge on any atom is 0.431 e. The number of halogens is 5. The molecular weight excluding hydrogens is 492 g/mol. The van der Waals surface area contributed by atoms with Crippen molar-refractivity contribution in [2.45, 2.75) is 19.6 Å². The summed E-state index contributed by atoms with van der Waals surface area (Å²) in [5.41, 5.74) is -1.20. The van der Waals surface area contributed by atoms with Crippen LogP contribution in [0.25, 0.3) is 11.1 Å². The third-order valence-electron chi connectivity index (χ3n) is 5.83. The van der Waals surface area contributed by atoms with E-state index in [9.17, 15) is 26.6 Å². The lowest BCUT2D eigenvalue weighted by atomic mass is 9.99. The molecule has 1 aromatic heterocycles. The highest BCUT2D eigenvalue weighted by Crippen LogP contribution is 2.42. The summed E-state index contributed by atoms with van der Waals surface area (Å²) in [6, 6.07) is 12.1. The fourth-order valence-corrected chi connectivity index (χ4v) is 5.48. The van der Waals surface area contributed by atoms with Crippen molar-refractivity contribution in [3.8, 4) is 11.1 Å². The molecule has 0 bridgehead atoms. The highest BCUT2D eigenvalue weighted by Gasteiger charge is 2.42. The molecular formula is C24H21ClF4N2O2S. The first-order chi connectivity index (χ1) is 16.1.